The first kappa shape index (κ1) is 20.0. The normalized spacial score (nSPS) is 13.9. The third-order valence-corrected chi connectivity index (χ3v) is 4.33. The highest BCUT2D eigenvalue weighted by Gasteiger charge is 2.11. The zero-order chi connectivity index (χ0) is 18.8. The molecule has 0 saturated heterocycles. The van der Waals surface area contributed by atoms with E-state index in [0.717, 1.165) is 19.3 Å². The maximum atomic E-state index is 12.1. The Labute approximate surface area is 155 Å². The van der Waals surface area contributed by atoms with E-state index in [0.29, 0.717) is 18.0 Å². The standard InChI is InChI=1S/C20H29N3O3/c1-23(14-19(24)21-12-11-16-7-4-3-5-8-16)15-20(25)22-17-9-6-10-18(13-17)26-2/h6-7,9-10,13H,3-5,8,11-12,14-15H2,1-2H3,(H,21,24)(H,22,25). The van der Waals surface area contributed by atoms with E-state index >= 15 is 0 Å². The Morgan fingerprint density at radius 1 is 1.19 bits per heavy atom. The maximum absolute atomic E-state index is 12.1. The summed E-state index contributed by atoms with van der Waals surface area (Å²) < 4.78 is 5.13. The molecule has 6 heteroatoms. The molecule has 0 spiro atoms. The summed E-state index contributed by atoms with van der Waals surface area (Å²) in [6.07, 6.45) is 8.06. The Morgan fingerprint density at radius 3 is 2.73 bits per heavy atom. The van der Waals surface area contributed by atoms with Gasteiger partial charge in [0.2, 0.25) is 11.8 Å². The minimum absolute atomic E-state index is 0.0573. The van der Waals surface area contributed by atoms with Gasteiger partial charge in [0.15, 0.2) is 0 Å². The molecule has 26 heavy (non-hydrogen) atoms. The predicted octanol–water partition coefficient (Wildman–Crippen LogP) is 2.57. The van der Waals surface area contributed by atoms with Gasteiger partial charge in [-0.05, 0) is 51.3 Å². The number of hydrogen-bond donors (Lipinski definition) is 2. The molecule has 2 amide bonds. The number of hydrogen-bond acceptors (Lipinski definition) is 4. The number of amides is 2. The van der Waals surface area contributed by atoms with Crippen LogP contribution in [-0.4, -0.2) is 50.5 Å². The van der Waals surface area contributed by atoms with Crippen LogP contribution in [0.3, 0.4) is 0 Å². The van der Waals surface area contributed by atoms with Crippen LogP contribution in [0.4, 0.5) is 5.69 Å². The second kappa shape index (κ2) is 10.6. The van der Waals surface area contributed by atoms with E-state index in [1.807, 2.05) is 12.1 Å². The molecule has 2 rings (SSSR count). The third-order valence-electron chi connectivity index (χ3n) is 4.33. The number of anilines is 1. The number of likely N-dealkylation sites (N-methyl/N-ethyl adjacent to an activating group) is 1. The average Bonchev–Trinajstić information content (AvgIpc) is 2.62. The molecule has 0 fully saturated rings. The molecule has 1 aliphatic carbocycles. The highest BCUT2D eigenvalue weighted by molar-refractivity contribution is 5.92. The first-order valence-electron chi connectivity index (χ1n) is 9.14. The zero-order valence-corrected chi connectivity index (χ0v) is 15.7. The van der Waals surface area contributed by atoms with Crippen LogP contribution in [0.1, 0.15) is 32.1 Å². The van der Waals surface area contributed by atoms with Crippen molar-refractivity contribution in [3.8, 4) is 5.75 Å². The highest BCUT2D eigenvalue weighted by Crippen LogP contribution is 2.19. The third kappa shape index (κ3) is 7.27. The molecule has 1 aromatic carbocycles. The minimum Gasteiger partial charge on any atom is -0.497 e. The van der Waals surface area contributed by atoms with E-state index in [1.165, 1.54) is 18.4 Å². The fourth-order valence-electron chi connectivity index (χ4n) is 3.00. The zero-order valence-electron chi connectivity index (χ0n) is 15.7. The van der Waals surface area contributed by atoms with Crippen molar-refractivity contribution in [3.05, 3.63) is 35.9 Å². The molecule has 2 N–H and O–H groups in total. The molecule has 0 unspecified atom stereocenters. The molecule has 0 saturated carbocycles. The molecular weight excluding hydrogens is 330 g/mol. The SMILES string of the molecule is COc1cccc(NC(=O)CN(C)CC(=O)NCCC2=CCCCC2)c1. The van der Waals surface area contributed by atoms with Gasteiger partial charge in [-0.1, -0.05) is 17.7 Å². The van der Waals surface area contributed by atoms with Crippen molar-refractivity contribution in [2.75, 3.05) is 39.1 Å². The number of allylic oxidation sites excluding steroid dienone is 1. The summed E-state index contributed by atoms with van der Waals surface area (Å²) in [6, 6.07) is 7.18. The average molecular weight is 359 g/mol. The monoisotopic (exact) mass is 359 g/mol. The van der Waals surface area contributed by atoms with E-state index in [4.69, 9.17) is 4.74 Å². The summed E-state index contributed by atoms with van der Waals surface area (Å²) in [5.41, 5.74) is 2.12. The van der Waals surface area contributed by atoms with Crippen molar-refractivity contribution < 1.29 is 14.3 Å². The van der Waals surface area contributed by atoms with Gasteiger partial charge in [-0.25, -0.2) is 0 Å². The van der Waals surface area contributed by atoms with Gasteiger partial charge in [0, 0.05) is 18.3 Å². The van der Waals surface area contributed by atoms with Gasteiger partial charge in [0.1, 0.15) is 5.75 Å². The number of nitrogens with one attached hydrogen (secondary N) is 2. The number of rotatable bonds is 9. The van der Waals surface area contributed by atoms with E-state index in [9.17, 15) is 9.59 Å². The summed E-state index contributed by atoms with van der Waals surface area (Å²) in [6.45, 7) is 1.01. The highest BCUT2D eigenvalue weighted by atomic mass is 16.5. The van der Waals surface area contributed by atoms with Crippen molar-refractivity contribution in [3.63, 3.8) is 0 Å². The van der Waals surface area contributed by atoms with E-state index in [-0.39, 0.29) is 24.9 Å². The first-order chi connectivity index (χ1) is 12.6. The van der Waals surface area contributed by atoms with Gasteiger partial charge in [-0.15, -0.1) is 0 Å². The maximum Gasteiger partial charge on any atom is 0.238 e. The Morgan fingerprint density at radius 2 is 2.00 bits per heavy atom. The van der Waals surface area contributed by atoms with Crippen LogP contribution in [0.15, 0.2) is 35.9 Å². The smallest absolute Gasteiger partial charge is 0.238 e. The molecule has 6 nitrogen and oxygen atoms in total. The Kier molecular flexibility index (Phi) is 8.15. The van der Waals surface area contributed by atoms with Crippen molar-refractivity contribution in [2.24, 2.45) is 0 Å². The molecule has 0 heterocycles. The molecule has 0 radical (unpaired) electrons. The largest absolute Gasteiger partial charge is 0.497 e. The number of ether oxygens (including phenoxy) is 1. The van der Waals surface area contributed by atoms with Crippen LogP contribution in [-0.2, 0) is 9.59 Å². The van der Waals surface area contributed by atoms with Crippen LogP contribution in [0, 0.1) is 0 Å². The van der Waals surface area contributed by atoms with E-state index < -0.39 is 0 Å². The van der Waals surface area contributed by atoms with Crippen molar-refractivity contribution >= 4 is 17.5 Å². The summed E-state index contributed by atoms with van der Waals surface area (Å²) >= 11 is 0. The fourth-order valence-corrected chi connectivity index (χ4v) is 3.00. The Hall–Kier alpha value is -2.34. The summed E-state index contributed by atoms with van der Waals surface area (Å²) in [4.78, 5) is 25.8. The van der Waals surface area contributed by atoms with Crippen LogP contribution in [0.2, 0.25) is 0 Å². The van der Waals surface area contributed by atoms with Crippen LogP contribution in [0.5, 0.6) is 5.75 Å². The Balaban J connectivity index is 1.66. The van der Waals surface area contributed by atoms with Crippen molar-refractivity contribution in [1.29, 1.82) is 0 Å². The van der Waals surface area contributed by atoms with E-state index in [2.05, 4.69) is 16.7 Å². The number of carbonyl (C=O) groups is 2. The molecule has 0 bridgehead atoms. The van der Waals surface area contributed by atoms with Gasteiger partial charge in [-0.3, -0.25) is 14.5 Å². The molecule has 1 aliphatic rings. The van der Waals surface area contributed by atoms with Crippen LogP contribution >= 0.6 is 0 Å². The Bertz CT molecular complexity index is 643. The fraction of sp³-hybridized carbons (Fsp3) is 0.500. The molecule has 0 atom stereocenters. The first-order valence-corrected chi connectivity index (χ1v) is 9.14. The minimum atomic E-state index is -0.166. The van der Waals surface area contributed by atoms with E-state index in [1.54, 1.807) is 31.2 Å². The molecule has 0 aliphatic heterocycles. The van der Waals surface area contributed by atoms with Gasteiger partial charge in [-0.2, -0.15) is 0 Å². The predicted molar refractivity (Wildman–Crippen MR) is 103 cm³/mol. The lowest BCUT2D eigenvalue weighted by molar-refractivity contribution is -0.122. The molecular formula is C20H29N3O3. The summed E-state index contributed by atoms with van der Waals surface area (Å²) in [5.74, 6) is 0.461. The van der Waals surface area contributed by atoms with Gasteiger partial charge >= 0.3 is 0 Å². The number of methoxy groups -OCH3 is 1. The lowest BCUT2D eigenvalue weighted by Gasteiger charge is -2.17. The summed E-state index contributed by atoms with van der Waals surface area (Å²) in [7, 11) is 3.34. The van der Waals surface area contributed by atoms with Crippen molar-refractivity contribution in [2.45, 2.75) is 32.1 Å². The topological polar surface area (TPSA) is 70.7 Å². The molecule has 0 aromatic heterocycles. The molecule has 1 aromatic rings. The summed E-state index contributed by atoms with van der Waals surface area (Å²) in [5, 5.41) is 5.74. The van der Waals surface area contributed by atoms with Crippen LogP contribution < -0.4 is 15.4 Å². The van der Waals surface area contributed by atoms with Crippen molar-refractivity contribution in [1.82, 2.24) is 10.2 Å². The second-order valence-corrected chi connectivity index (χ2v) is 6.66. The van der Waals surface area contributed by atoms with Gasteiger partial charge in [0.05, 0.1) is 20.2 Å². The van der Waals surface area contributed by atoms with Crippen LogP contribution in [0.25, 0.3) is 0 Å². The quantitative estimate of drug-likeness (QED) is 0.665. The number of benzene rings is 1. The van der Waals surface area contributed by atoms with Gasteiger partial charge < -0.3 is 15.4 Å². The lowest BCUT2D eigenvalue weighted by Crippen LogP contribution is -2.39. The second-order valence-electron chi connectivity index (χ2n) is 6.66. The number of carbonyl (C=O) groups excluding carboxylic acids is 2. The van der Waals surface area contributed by atoms with Gasteiger partial charge in [0.25, 0.3) is 0 Å². The lowest BCUT2D eigenvalue weighted by atomic mass is 9.97. The molecule has 142 valence electrons. The number of nitrogens with zero attached hydrogens (tertiary/aromatic N) is 1.